The molecule has 3 rings (SSSR count). The highest BCUT2D eigenvalue weighted by Gasteiger charge is 2.30. The fourth-order valence-electron chi connectivity index (χ4n) is 2.68. The van der Waals surface area contributed by atoms with Crippen LogP contribution in [0.25, 0.3) is 11.6 Å². The van der Waals surface area contributed by atoms with E-state index in [4.69, 9.17) is 20.9 Å². The number of aromatic nitrogens is 3. The van der Waals surface area contributed by atoms with Crippen LogP contribution in [0.1, 0.15) is 45.4 Å². The topological polar surface area (TPSA) is 84.2 Å². The fraction of sp³-hybridized carbons (Fsp3) is 0.562. The van der Waals surface area contributed by atoms with Gasteiger partial charge in [0.1, 0.15) is 11.3 Å². The molecular weight excluding hydrogens is 332 g/mol. The number of H-pyrrole nitrogens is 1. The van der Waals surface area contributed by atoms with E-state index >= 15 is 0 Å². The summed E-state index contributed by atoms with van der Waals surface area (Å²) in [6, 6.07) is 1.73. The molecule has 0 bridgehead atoms. The van der Waals surface area contributed by atoms with E-state index in [1.165, 1.54) is 0 Å². The van der Waals surface area contributed by atoms with Gasteiger partial charge in [0, 0.05) is 25.2 Å². The first-order valence-corrected chi connectivity index (χ1v) is 8.35. The minimum atomic E-state index is -0.504. The van der Waals surface area contributed by atoms with Gasteiger partial charge in [0.15, 0.2) is 5.82 Å². The lowest BCUT2D eigenvalue weighted by molar-refractivity contribution is 0.0195. The molecule has 1 amide bonds. The lowest BCUT2D eigenvalue weighted by Crippen LogP contribution is -2.42. The van der Waals surface area contributed by atoms with Crippen molar-refractivity contribution in [2.45, 2.75) is 45.1 Å². The summed E-state index contributed by atoms with van der Waals surface area (Å²) in [5.41, 5.74) is 0.175. The molecule has 1 atom stereocenters. The summed E-state index contributed by atoms with van der Waals surface area (Å²) in [4.78, 5) is 21.4. The molecule has 1 aliphatic rings. The molecule has 7 nitrogen and oxygen atoms in total. The molecule has 1 N–H and O–H groups in total. The standard InChI is InChI=1S/C16H21ClN4O3/c1-16(2,3)23-15(22)21-6-4-5-10(9-21)13-19-14(24-20-13)12-7-11(17)8-18-12/h7-8,10,18H,4-6,9H2,1-3H3/t10-/m0/s1. The Morgan fingerprint density at radius 1 is 1.50 bits per heavy atom. The maximum Gasteiger partial charge on any atom is 0.410 e. The number of aromatic amines is 1. The first-order valence-electron chi connectivity index (χ1n) is 7.97. The number of nitrogens with one attached hydrogen (secondary N) is 1. The molecule has 0 spiro atoms. The van der Waals surface area contributed by atoms with Gasteiger partial charge in [-0.25, -0.2) is 4.79 Å². The van der Waals surface area contributed by atoms with E-state index in [1.807, 2.05) is 20.8 Å². The number of ether oxygens (including phenoxy) is 1. The Morgan fingerprint density at radius 3 is 2.96 bits per heavy atom. The SMILES string of the molecule is CC(C)(C)OC(=O)N1CCC[C@H](c2noc(-c3cc(Cl)c[nH]3)n2)C1. The van der Waals surface area contributed by atoms with E-state index in [0.717, 1.165) is 12.8 Å². The predicted octanol–water partition coefficient (Wildman–Crippen LogP) is 3.83. The summed E-state index contributed by atoms with van der Waals surface area (Å²) in [5.74, 6) is 1.03. The van der Waals surface area contributed by atoms with Crippen molar-refractivity contribution in [3.63, 3.8) is 0 Å². The smallest absolute Gasteiger partial charge is 0.410 e. The van der Waals surface area contributed by atoms with Crippen LogP contribution in [0.15, 0.2) is 16.8 Å². The molecule has 130 valence electrons. The molecular formula is C16H21ClN4O3. The van der Waals surface area contributed by atoms with Crippen molar-refractivity contribution < 1.29 is 14.1 Å². The normalized spacial score (nSPS) is 18.7. The first kappa shape index (κ1) is 16.8. The maximum atomic E-state index is 12.2. The van der Waals surface area contributed by atoms with Crippen LogP contribution >= 0.6 is 11.6 Å². The highest BCUT2D eigenvalue weighted by atomic mass is 35.5. The third kappa shape index (κ3) is 3.90. The van der Waals surface area contributed by atoms with E-state index < -0.39 is 5.60 Å². The summed E-state index contributed by atoms with van der Waals surface area (Å²) < 4.78 is 10.7. The van der Waals surface area contributed by atoms with Crippen LogP contribution in [-0.2, 0) is 4.74 Å². The summed E-state index contributed by atoms with van der Waals surface area (Å²) in [7, 11) is 0. The number of amides is 1. The van der Waals surface area contributed by atoms with Gasteiger partial charge in [-0.1, -0.05) is 16.8 Å². The maximum absolute atomic E-state index is 12.2. The summed E-state index contributed by atoms with van der Waals surface area (Å²) in [6.45, 7) is 6.79. The third-order valence-corrected chi connectivity index (χ3v) is 3.98. The second-order valence-corrected chi connectivity index (χ2v) is 7.39. The van der Waals surface area contributed by atoms with Crippen LogP contribution < -0.4 is 0 Å². The van der Waals surface area contributed by atoms with Gasteiger partial charge in [0.25, 0.3) is 5.89 Å². The number of piperidine rings is 1. The minimum absolute atomic E-state index is 0.0363. The molecule has 0 aliphatic carbocycles. The average Bonchev–Trinajstić information content (AvgIpc) is 3.14. The van der Waals surface area contributed by atoms with Gasteiger partial charge in [-0.05, 0) is 39.7 Å². The van der Waals surface area contributed by atoms with Gasteiger partial charge >= 0.3 is 6.09 Å². The van der Waals surface area contributed by atoms with Gasteiger partial charge in [0.05, 0.1) is 5.02 Å². The van der Waals surface area contributed by atoms with E-state index in [2.05, 4.69) is 15.1 Å². The van der Waals surface area contributed by atoms with Crippen molar-refractivity contribution in [3.05, 3.63) is 23.1 Å². The molecule has 0 saturated carbocycles. The molecule has 2 aromatic heterocycles. The number of nitrogens with zero attached hydrogens (tertiary/aromatic N) is 3. The zero-order chi connectivity index (χ0) is 17.3. The Balaban J connectivity index is 1.69. The molecule has 3 heterocycles. The molecule has 8 heteroatoms. The lowest BCUT2D eigenvalue weighted by Gasteiger charge is -2.32. The molecule has 0 unspecified atom stereocenters. The highest BCUT2D eigenvalue weighted by molar-refractivity contribution is 6.30. The molecule has 1 aliphatic heterocycles. The zero-order valence-corrected chi connectivity index (χ0v) is 14.8. The highest BCUT2D eigenvalue weighted by Crippen LogP contribution is 2.28. The Bertz CT molecular complexity index is 719. The van der Waals surface area contributed by atoms with Gasteiger partial charge in [0.2, 0.25) is 0 Å². The minimum Gasteiger partial charge on any atom is -0.444 e. The number of halogens is 1. The van der Waals surface area contributed by atoms with E-state index in [-0.39, 0.29) is 12.0 Å². The van der Waals surface area contributed by atoms with E-state index in [0.29, 0.717) is 35.5 Å². The first-order chi connectivity index (χ1) is 11.3. The van der Waals surface area contributed by atoms with Gasteiger partial charge in [-0.2, -0.15) is 4.98 Å². The second kappa shape index (κ2) is 6.47. The summed E-state index contributed by atoms with van der Waals surface area (Å²) in [6.07, 6.45) is 3.14. The van der Waals surface area contributed by atoms with Crippen LogP contribution in [0.5, 0.6) is 0 Å². The van der Waals surface area contributed by atoms with Gasteiger partial charge in [-0.3, -0.25) is 0 Å². The monoisotopic (exact) mass is 352 g/mol. The average molecular weight is 353 g/mol. The number of carbonyl (C=O) groups excluding carboxylic acids is 1. The summed E-state index contributed by atoms with van der Waals surface area (Å²) in [5, 5.41) is 4.65. The molecule has 1 fully saturated rings. The van der Waals surface area contributed by atoms with Crippen molar-refractivity contribution in [2.24, 2.45) is 0 Å². The Hall–Kier alpha value is -2.02. The van der Waals surface area contributed by atoms with Gasteiger partial charge in [-0.15, -0.1) is 0 Å². The molecule has 0 radical (unpaired) electrons. The van der Waals surface area contributed by atoms with Crippen LogP contribution in [0.3, 0.4) is 0 Å². The van der Waals surface area contributed by atoms with Crippen molar-refractivity contribution in [3.8, 4) is 11.6 Å². The molecule has 1 saturated heterocycles. The van der Waals surface area contributed by atoms with Crippen LogP contribution in [0, 0.1) is 0 Å². The van der Waals surface area contributed by atoms with Crippen LogP contribution in [-0.4, -0.2) is 44.8 Å². The van der Waals surface area contributed by atoms with Crippen molar-refractivity contribution >= 4 is 17.7 Å². The van der Waals surface area contributed by atoms with Crippen molar-refractivity contribution in [1.29, 1.82) is 0 Å². The Morgan fingerprint density at radius 2 is 2.29 bits per heavy atom. The third-order valence-electron chi connectivity index (χ3n) is 3.76. The largest absolute Gasteiger partial charge is 0.444 e. The van der Waals surface area contributed by atoms with E-state index in [9.17, 15) is 4.79 Å². The summed E-state index contributed by atoms with van der Waals surface area (Å²) >= 11 is 5.89. The molecule has 2 aromatic rings. The lowest BCUT2D eigenvalue weighted by atomic mass is 9.98. The number of hydrogen-bond donors (Lipinski definition) is 1. The number of hydrogen-bond acceptors (Lipinski definition) is 5. The fourth-order valence-corrected chi connectivity index (χ4v) is 2.85. The predicted molar refractivity (Wildman–Crippen MR) is 88.9 cm³/mol. The van der Waals surface area contributed by atoms with Crippen molar-refractivity contribution in [1.82, 2.24) is 20.0 Å². The molecule has 0 aromatic carbocycles. The second-order valence-electron chi connectivity index (χ2n) is 6.95. The van der Waals surface area contributed by atoms with E-state index in [1.54, 1.807) is 17.2 Å². The Kier molecular flexibility index (Phi) is 4.54. The molecule has 24 heavy (non-hydrogen) atoms. The van der Waals surface area contributed by atoms with Crippen LogP contribution in [0.4, 0.5) is 4.79 Å². The van der Waals surface area contributed by atoms with Gasteiger partial charge < -0.3 is 19.1 Å². The van der Waals surface area contributed by atoms with Crippen LogP contribution in [0.2, 0.25) is 5.02 Å². The quantitative estimate of drug-likeness (QED) is 0.887. The zero-order valence-electron chi connectivity index (χ0n) is 14.0. The van der Waals surface area contributed by atoms with Crippen molar-refractivity contribution in [2.75, 3.05) is 13.1 Å². The number of rotatable bonds is 2. The Labute approximate surface area is 145 Å². The number of likely N-dealkylation sites (tertiary alicyclic amines) is 1. The number of carbonyl (C=O) groups is 1.